The van der Waals surface area contributed by atoms with Crippen LogP contribution in [0.4, 0.5) is 4.39 Å². The molecule has 0 aliphatic rings. The highest BCUT2D eigenvalue weighted by Crippen LogP contribution is 2.38. The Morgan fingerprint density at radius 3 is 1.93 bits per heavy atom. The van der Waals surface area contributed by atoms with E-state index in [0.717, 1.165) is 21.9 Å². The minimum absolute atomic E-state index is 0.105. The molecule has 0 aliphatic heterocycles. The van der Waals surface area contributed by atoms with Crippen molar-refractivity contribution in [3.05, 3.63) is 95.8 Å². The van der Waals surface area contributed by atoms with Crippen LogP contribution in [0.25, 0.3) is 33.0 Å². The second kappa shape index (κ2) is 6.75. The Hall–Kier alpha value is -3.95. The predicted octanol–water partition coefficient (Wildman–Crippen LogP) is 6.06. The van der Waals surface area contributed by atoms with Gasteiger partial charge in [-0.05, 0) is 39.6 Å². The topological polar surface area (TPSA) is 47.6 Å². The molecule has 0 amide bonds. The van der Waals surface area contributed by atoms with Gasteiger partial charge in [0.15, 0.2) is 0 Å². The van der Waals surface area contributed by atoms with Crippen LogP contribution in [0, 0.1) is 28.5 Å². The number of hydrogen-bond donors (Lipinski definition) is 0. The maximum absolute atomic E-state index is 14.3. The molecule has 0 aromatic heterocycles. The number of nitrogens with zero attached hydrogens (tertiary/aromatic N) is 2. The molecule has 0 unspecified atom stereocenters. The number of benzene rings is 4. The fourth-order valence-electron chi connectivity index (χ4n) is 3.45. The Labute approximate surface area is 156 Å². The molecule has 0 bridgehead atoms. The van der Waals surface area contributed by atoms with Gasteiger partial charge in [0.1, 0.15) is 11.9 Å². The van der Waals surface area contributed by atoms with Crippen LogP contribution in [-0.4, -0.2) is 0 Å². The molecule has 3 heteroatoms. The van der Waals surface area contributed by atoms with Gasteiger partial charge in [0.25, 0.3) is 0 Å². The van der Waals surface area contributed by atoms with Gasteiger partial charge >= 0.3 is 0 Å². The van der Waals surface area contributed by atoms with Gasteiger partial charge in [-0.15, -0.1) is 0 Å². The second-order valence-electron chi connectivity index (χ2n) is 6.14. The van der Waals surface area contributed by atoms with E-state index in [2.05, 4.69) is 6.07 Å². The SMILES string of the molecule is N#Cc1ccc(F)c(C#N)c1-c1ccc(-c2ccccc2)c2ccccc12. The summed E-state index contributed by atoms with van der Waals surface area (Å²) in [5.74, 6) is -0.622. The highest BCUT2D eigenvalue weighted by Gasteiger charge is 2.18. The zero-order chi connectivity index (χ0) is 18.8. The van der Waals surface area contributed by atoms with Crippen LogP contribution in [0.2, 0.25) is 0 Å². The van der Waals surface area contributed by atoms with E-state index in [1.54, 1.807) is 0 Å². The van der Waals surface area contributed by atoms with Gasteiger partial charge in [-0.25, -0.2) is 4.39 Å². The third kappa shape index (κ3) is 2.72. The van der Waals surface area contributed by atoms with E-state index in [1.807, 2.05) is 72.8 Å². The van der Waals surface area contributed by atoms with Crippen molar-refractivity contribution < 1.29 is 4.39 Å². The summed E-state index contributed by atoms with van der Waals surface area (Å²) in [6.45, 7) is 0. The van der Waals surface area contributed by atoms with E-state index in [4.69, 9.17) is 0 Å². The number of rotatable bonds is 2. The van der Waals surface area contributed by atoms with Gasteiger partial charge in [0.2, 0.25) is 0 Å². The lowest BCUT2D eigenvalue weighted by Crippen LogP contribution is -1.95. The fourth-order valence-corrected chi connectivity index (χ4v) is 3.45. The van der Waals surface area contributed by atoms with Crippen LogP contribution in [0.3, 0.4) is 0 Å². The van der Waals surface area contributed by atoms with Gasteiger partial charge in [-0.3, -0.25) is 0 Å². The summed E-state index contributed by atoms with van der Waals surface area (Å²) in [5, 5.41) is 20.9. The van der Waals surface area contributed by atoms with Crippen molar-refractivity contribution in [1.29, 1.82) is 10.5 Å². The zero-order valence-electron chi connectivity index (χ0n) is 14.3. The number of nitriles is 2. The van der Waals surface area contributed by atoms with Crippen LogP contribution in [-0.2, 0) is 0 Å². The van der Waals surface area contributed by atoms with E-state index < -0.39 is 5.82 Å². The van der Waals surface area contributed by atoms with Crippen molar-refractivity contribution in [2.24, 2.45) is 0 Å². The monoisotopic (exact) mass is 348 g/mol. The molecule has 0 spiro atoms. The maximum Gasteiger partial charge on any atom is 0.141 e. The summed E-state index contributed by atoms with van der Waals surface area (Å²) in [4.78, 5) is 0. The summed E-state index contributed by atoms with van der Waals surface area (Å²) >= 11 is 0. The number of halogens is 1. The predicted molar refractivity (Wildman–Crippen MR) is 104 cm³/mol. The Bertz CT molecular complexity index is 1250. The van der Waals surface area contributed by atoms with Gasteiger partial charge in [-0.2, -0.15) is 10.5 Å². The molecule has 0 saturated carbocycles. The molecule has 0 radical (unpaired) electrons. The molecule has 0 fully saturated rings. The lowest BCUT2D eigenvalue weighted by molar-refractivity contribution is 0.624. The summed E-state index contributed by atoms with van der Waals surface area (Å²) in [7, 11) is 0. The Balaban J connectivity index is 2.10. The highest BCUT2D eigenvalue weighted by atomic mass is 19.1. The molecule has 2 nitrogen and oxygen atoms in total. The van der Waals surface area contributed by atoms with Crippen molar-refractivity contribution in [1.82, 2.24) is 0 Å². The maximum atomic E-state index is 14.3. The summed E-state index contributed by atoms with van der Waals surface area (Å²) < 4.78 is 14.3. The van der Waals surface area contributed by atoms with Gasteiger partial charge in [0.05, 0.1) is 17.2 Å². The average molecular weight is 348 g/mol. The molecule has 4 aromatic rings. The normalized spacial score (nSPS) is 10.3. The number of fused-ring (bicyclic) bond motifs is 1. The van der Waals surface area contributed by atoms with Crippen molar-refractivity contribution >= 4 is 10.8 Å². The first-order valence-electron chi connectivity index (χ1n) is 8.45. The van der Waals surface area contributed by atoms with Gasteiger partial charge < -0.3 is 0 Å². The Morgan fingerprint density at radius 2 is 1.26 bits per heavy atom. The Kier molecular flexibility index (Phi) is 4.13. The molecule has 126 valence electrons. The van der Waals surface area contributed by atoms with E-state index >= 15 is 0 Å². The van der Waals surface area contributed by atoms with Gasteiger partial charge in [-0.1, -0.05) is 66.7 Å². The van der Waals surface area contributed by atoms with Crippen molar-refractivity contribution in [2.75, 3.05) is 0 Å². The summed E-state index contributed by atoms with van der Waals surface area (Å²) in [6.07, 6.45) is 0. The molecule has 4 aromatic carbocycles. The molecular weight excluding hydrogens is 335 g/mol. The van der Waals surface area contributed by atoms with E-state index in [-0.39, 0.29) is 11.1 Å². The molecule has 0 heterocycles. The van der Waals surface area contributed by atoms with E-state index in [0.29, 0.717) is 11.1 Å². The van der Waals surface area contributed by atoms with Crippen LogP contribution in [0.5, 0.6) is 0 Å². The third-order valence-corrected chi connectivity index (χ3v) is 4.66. The molecular formula is C24H13FN2. The minimum Gasteiger partial charge on any atom is -0.206 e. The third-order valence-electron chi connectivity index (χ3n) is 4.66. The van der Waals surface area contributed by atoms with Crippen LogP contribution < -0.4 is 0 Å². The van der Waals surface area contributed by atoms with E-state index in [9.17, 15) is 14.9 Å². The molecule has 0 atom stereocenters. The molecule has 27 heavy (non-hydrogen) atoms. The molecule has 4 rings (SSSR count). The van der Waals surface area contributed by atoms with Crippen molar-refractivity contribution in [2.45, 2.75) is 0 Å². The largest absolute Gasteiger partial charge is 0.206 e. The smallest absolute Gasteiger partial charge is 0.141 e. The van der Waals surface area contributed by atoms with Crippen molar-refractivity contribution in [3.8, 4) is 34.4 Å². The quantitative estimate of drug-likeness (QED) is 0.442. The summed E-state index contributed by atoms with van der Waals surface area (Å²) in [5.41, 5.74) is 3.31. The molecule has 0 N–H and O–H groups in total. The Morgan fingerprint density at radius 1 is 0.630 bits per heavy atom. The molecule has 0 saturated heterocycles. The fraction of sp³-hybridized carbons (Fsp3) is 0. The average Bonchev–Trinajstić information content (AvgIpc) is 2.73. The van der Waals surface area contributed by atoms with E-state index in [1.165, 1.54) is 12.1 Å². The molecule has 0 aliphatic carbocycles. The van der Waals surface area contributed by atoms with Crippen LogP contribution in [0.15, 0.2) is 78.9 Å². The number of hydrogen-bond acceptors (Lipinski definition) is 2. The summed E-state index contributed by atoms with van der Waals surface area (Å²) in [6, 6.07) is 28.2. The van der Waals surface area contributed by atoms with Crippen LogP contribution in [0.1, 0.15) is 11.1 Å². The lowest BCUT2D eigenvalue weighted by atomic mass is 9.88. The lowest BCUT2D eigenvalue weighted by Gasteiger charge is -2.14. The standard InChI is InChI=1S/C24H13FN2/c25-23-13-10-17(14-26)24(22(23)15-27)21-12-11-18(16-6-2-1-3-7-16)19-8-4-5-9-20(19)21/h1-13H. The first kappa shape index (κ1) is 16.5. The minimum atomic E-state index is -0.622. The zero-order valence-corrected chi connectivity index (χ0v) is 14.3. The second-order valence-corrected chi connectivity index (χ2v) is 6.14. The highest BCUT2D eigenvalue weighted by molar-refractivity contribution is 6.06. The van der Waals surface area contributed by atoms with Gasteiger partial charge in [0, 0.05) is 5.56 Å². The first-order chi connectivity index (χ1) is 13.2. The van der Waals surface area contributed by atoms with Crippen molar-refractivity contribution in [3.63, 3.8) is 0 Å². The first-order valence-corrected chi connectivity index (χ1v) is 8.45. The van der Waals surface area contributed by atoms with Crippen LogP contribution >= 0.6 is 0 Å².